The number of pyridine rings is 1. The summed E-state index contributed by atoms with van der Waals surface area (Å²) in [5, 5.41) is 0. The van der Waals surface area contributed by atoms with E-state index in [-0.39, 0.29) is 4.90 Å². The SMILES string of the molecule is CCC[n+]1cccc(S(=O)(=O)O)c1. The van der Waals surface area contributed by atoms with Gasteiger partial charge in [0.05, 0.1) is 0 Å². The second-order valence-corrected chi connectivity index (χ2v) is 4.17. The number of hydrogen-bond acceptors (Lipinski definition) is 2. The van der Waals surface area contributed by atoms with Gasteiger partial charge in [-0.1, -0.05) is 6.92 Å². The minimum atomic E-state index is -4.06. The fourth-order valence-electron chi connectivity index (χ4n) is 1.05. The molecule has 0 amide bonds. The third-order valence-electron chi connectivity index (χ3n) is 1.61. The molecule has 0 aliphatic rings. The van der Waals surface area contributed by atoms with E-state index in [1.807, 2.05) is 6.92 Å². The van der Waals surface area contributed by atoms with Crippen molar-refractivity contribution in [2.45, 2.75) is 24.8 Å². The van der Waals surface area contributed by atoms with Crippen molar-refractivity contribution in [2.24, 2.45) is 0 Å². The van der Waals surface area contributed by atoms with Crippen LogP contribution in [0.2, 0.25) is 0 Å². The van der Waals surface area contributed by atoms with Crippen LogP contribution < -0.4 is 4.57 Å². The molecule has 1 rings (SSSR count). The molecule has 0 fully saturated rings. The van der Waals surface area contributed by atoms with Gasteiger partial charge in [0, 0.05) is 12.5 Å². The third-order valence-corrected chi connectivity index (χ3v) is 2.45. The van der Waals surface area contributed by atoms with Crippen molar-refractivity contribution in [3.8, 4) is 0 Å². The molecule has 4 nitrogen and oxygen atoms in total. The minimum absolute atomic E-state index is 0.0662. The van der Waals surface area contributed by atoms with Crippen LogP contribution >= 0.6 is 0 Å². The Balaban J connectivity index is 3.06. The van der Waals surface area contributed by atoms with Crippen LogP contribution in [0, 0.1) is 0 Å². The first-order valence-corrected chi connectivity index (χ1v) is 5.44. The van der Waals surface area contributed by atoms with Crippen LogP contribution in [0.5, 0.6) is 0 Å². The van der Waals surface area contributed by atoms with Crippen LogP contribution in [-0.2, 0) is 16.7 Å². The van der Waals surface area contributed by atoms with E-state index in [1.165, 1.54) is 12.3 Å². The molecule has 72 valence electrons. The van der Waals surface area contributed by atoms with Crippen molar-refractivity contribution < 1.29 is 17.5 Å². The molecule has 0 saturated heterocycles. The molecule has 0 bridgehead atoms. The Morgan fingerprint density at radius 1 is 1.54 bits per heavy atom. The maximum Gasteiger partial charge on any atom is 0.300 e. The predicted molar refractivity (Wildman–Crippen MR) is 46.7 cm³/mol. The molecule has 0 unspecified atom stereocenters. The number of nitrogens with zero attached hydrogens (tertiary/aromatic N) is 1. The lowest BCUT2D eigenvalue weighted by Gasteiger charge is -1.96. The van der Waals surface area contributed by atoms with Gasteiger partial charge in [0.15, 0.2) is 17.3 Å². The molecule has 13 heavy (non-hydrogen) atoms. The largest absolute Gasteiger partial charge is 0.300 e. The first-order valence-electron chi connectivity index (χ1n) is 4.00. The zero-order valence-electron chi connectivity index (χ0n) is 7.34. The maximum atomic E-state index is 10.7. The fraction of sp³-hybridized carbons (Fsp3) is 0.375. The first kappa shape index (κ1) is 10.1. The lowest BCUT2D eigenvalue weighted by molar-refractivity contribution is -0.698. The standard InChI is InChI=1S/C8H11NO3S/c1-2-5-9-6-3-4-8(7-9)13(10,11)12/h3-4,6-7H,2,5H2,1H3/p+1. The Bertz CT molecular complexity index is 386. The van der Waals surface area contributed by atoms with Crippen molar-refractivity contribution in [1.29, 1.82) is 0 Å². The lowest BCUT2D eigenvalue weighted by Crippen LogP contribution is -2.33. The Hall–Kier alpha value is -0.940. The number of hydrogen-bond donors (Lipinski definition) is 1. The van der Waals surface area contributed by atoms with E-state index in [0.29, 0.717) is 0 Å². The molecule has 1 N–H and O–H groups in total. The zero-order valence-corrected chi connectivity index (χ0v) is 8.16. The highest BCUT2D eigenvalue weighted by molar-refractivity contribution is 7.85. The lowest BCUT2D eigenvalue weighted by atomic mass is 10.4. The van der Waals surface area contributed by atoms with Crippen LogP contribution in [-0.4, -0.2) is 13.0 Å². The van der Waals surface area contributed by atoms with Gasteiger partial charge in [-0.25, -0.2) is 4.57 Å². The predicted octanol–water partition coefficient (Wildman–Crippen LogP) is 0.631. The molecule has 0 radical (unpaired) electrons. The highest BCUT2D eigenvalue weighted by Gasteiger charge is 2.13. The Kier molecular flexibility index (Phi) is 3.00. The summed E-state index contributed by atoms with van der Waals surface area (Å²) < 4.78 is 31.9. The maximum absolute atomic E-state index is 10.7. The van der Waals surface area contributed by atoms with Crippen LogP contribution in [0.15, 0.2) is 29.4 Å². The minimum Gasteiger partial charge on any atom is -0.282 e. The second-order valence-electron chi connectivity index (χ2n) is 2.75. The van der Waals surface area contributed by atoms with E-state index in [4.69, 9.17) is 4.55 Å². The molecule has 0 saturated carbocycles. The van der Waals surface area contributed by atoms with E-state index >= 15 is 0 Å². The van der Waals surface area contributed by atoms with E-state index in [9.17, 15) is 8.42 Å². The van der Waals surface area contributed by atoms with Crippen molar-refractivity contribution in [1.82, 2.24) is 0 Å². The average Bonchev–Trinajstić information content (AvgIpc) is 2.04. The van der Waals surface area contributed by atoms with Gasteiger partial charge in [-0.3, -0.25) is 4.55 Å². The molecule has 0 aromatic carbocycles. The van der Waals surface area contributed by atoms with E-state index in [1.54, 1.807) is 16.8 Å². The molecule has 0 aliphatic heterocycles. The van der Waals surface area contributed by atoms with Gasteiger partial charge in [0.1, 0.15) is 6.54 Å². The van der Waals surface area contributed by atoms with Crippen molar-refractivity contribution in [3.05, 3.63) is 24.5 Å². The summed E-state index contributed by atoms with van der Waals surface area (Å²) in [6, 6.07) is 2.96. The van der Waals surface area contributed by atoms with Gasteiger partial charge in [0.25, 0.3) is 10.1 Å². The number of aromatic nitrogens is 1. The summed E-state index contributed by atoms with van der Waals surface area (Å²) in [7, 11) is -4.06. The van der Waals surface area contributed by atoms with Gasteiger partial charge in [-0.05, 0) is 6.07 Å². The summed E-state index contributed by atoms with van der Waals surface area (Å²) in [4.78, 5) is -0.0662. The van der Waals surface area contributed by atoms with Crippen LogP contribution in [0.1, 0.15) is 13.3 Å². The first-order chi connectivity index (χ1) is 6.04. The van der Waals surface area contributed by atoms with Crippen molar-refractivity contribution in [3.63, 3.8) is 0 Å². The smallest absolute Gasteiger partial charge is 0.282 e. The van der Waals surface area contributed by atoms with Crippen LogP contribution in [0.25, 0.3) is 0 Å². The Labute approximate surface area is 77.6 Å². The summed E-state index contributed by atoms with van der Waals surface area (Å²) in [6.07, 6.45) is 4.09. The molecule has 5 heteroatoms. The van der Waals surface area contributed by atoms with Crippen LogP contribution in [0.4, 0.5) is 0 Å². The van der Waals surface area contributed by atoms with E-state index < -0.39 is 10.1 Å². The normalized spacial score (nSPS) is 11.5. The van der Waals surface area contributed by atoms with E-state index in [2.05, 4.69) is 0 Å². The summed E-state index contributed by atoms with van der Waals surface area (Å²) in [6.45, 7) is 2.73. The van der Waals surface area contributed by atoms with Crippen molar-refractivity contribution >= 4 is 10.1 Å². The molecule has 0 spiro atoms. The highest BCUT2D eigenvalue weighted by Crippen LogP contribution is 2.03. The topological polar surface area (TPSA) is 58.2 Å². The zero-order chi connectivity index (χ0) is 9.90. The van der Waals surface area contributed by atoms with Gasteiger partial charge in [0.2, 0.25) is 0 Å². The number of rotatable bonds is 3. The molecule has 1 aromatic rings. The molecule has 0 aliphatic carbocycles. The van der Waals surface area contributed by atoms with Gasteiger partial charge in [-0.2, -0.15) is 8.42 Å². The summed E-state index contributed by atoms with van der Waals surface area (Å²) in [5.41, 5.74) is 0. The molecular weight excluding hydrogens is 190 g/mol. The Morgan fingerprint density at radius 2 is 2.23 bits per heavy atom. The van der Waals surface area contributed by atoms with Gasteiger partial charge >= 0.3 is 0 Å². The molecule has 1 heterocycles. The number of aryl methyl sites for hydroxylation is 1. The fourth-order valence-corrected chi connectivity index (χ4v) is 1.57. The van der Waals surface area contributed by atoms with Crippen LogP contribution in [0.3, 0.4) is 0 Å². The van der Waals surface area contributed by atoms with Gasteiger partial charge < -0.3 is 0 Å². The third kappa shape index (κ3) is 2.78. The Morgan fingerprint density at radius 3 is 2.77 bits per heavy atom. The molecule has 1 aromatic heterocycles. The second kappa shape index (κ2) is 3.85. The molecular formula is C8H12NO3S+. The highest BCUT2D eigenvalue weighted by atomic mass is 32.2. The van der Waals surface area contributed by atoms with Gasteiger partial charge in [-0.15, -0.1) is 0 Å². The average molecular weight is 202 g/mol. The molecule has 0 atom stereocenters. The van der Waals surface area contributed by atoms with Crippen molar-refractivity contribution in [2.75, 3.05) is 0 Å². The quantitative estimate of drug-likeness (QED) is 0.577. The monoisotopic (exact) mass is 202 g/mol. The van der Waals surface area contributed by atoms with E-state index in [0.717, 1.165) is 13.0 Å². The summed E-state index contributed by atoms with van der Waals surface area (Å²) in [5.74, 6) is 0. The summed E-state index contributed by atoms with van der Waals surface area (Å²) >= 11 is 0.